The molecule has 0 saturated carbocycles. The number of nitrogens with one attached hydrogen (secondary N) is 1. The van der Waals surface area contributed by atoms with Gasteiger partial charge >= 0.3 is 0 Å². The number of nitrogens with zero attached hydrogens (tertiary/aromatic N) is 2. The zero-order chi connectivity index (χ0) is 13.9. The van der Waals surface area contributed by atoms with Gasteiger partial charge in [-0.25, -0.2) is 0 Å². The number of aromatic nitrogens is 1. The van der Waals surface area contributed by atoms with Crippen LogP contribution in [0.3, 0.4) is 0 Å². The average molecular weight is 271 g/mol. The van der Waals surface area contributed by atoms with Crippen LogP contribution in [0.15, 0.2) is 30.3 Å². The van der Waals surface area contributed by atoms with Crippen molar-refractivity contribution in [1.82, 2.24) is 10.3 Å². The van der Waals surface area contributed by atoms with Crippen molar-refractivity contribution in [1.29, 1.82) is 0 Å². The fraction of sp³-hybridized carbons (Fsp3) is 0.438. The molecule has 1 aliphatic heterocycles. The van der Waals surface area contributed by atoms with Gasteiger partial charge in [0.2, 0.25) is 0 Å². The third-order valence-electron chi connectivity index (χ3n) is 3.72. The maximum atomic E-state index is 5.79. The number of para-hydroxylation sites is 1. The highest BCUT2D eigenvalue weighted by Gasteiger charge is 2.17. The zero-order valence-corrected chi connectivity index (χ0v) is 12.1. The summed E-state index contributed by atoms with van der Waals surface area (Å²) in [5.41, 5.74) is 3.33. The summed E-state index contributed by atoms with van der Waals surface area (Å²) in [6.07, 6.45) is 0.251. The Morgan fingerprint density at radius 2 is 2.25 bits per heavy atom. The van der Waals surface area contributed by atoms with Crippen LogP contribution < -0.4 is 10.2 Å². The summed E-state index contributed by atoms with van der Waals surface area (Å²) in [4.78, 5) is 6.87. The Bertz CT molecular complexity index is 593. The summed E-state index contributed by atoms with van der Waals surface area (Å²) in [6.45, 7) is 5.61. The van der Waals surface area contributed by atoms with Crippen LogP contribution in [0.1, 0.15) is 5.69 Å². The van der Waals surface area contributed by atoms with Crippen LogP contribution in [0, 0.1) is 6.92 Å². The van der Waals surface area contributed by atoms with Crippen LogP contribution in [-0.2, 0) is 4.74 Å². The molecule has 0 spiro atoms. The van der Waals surface area contributed by atoms with Gasteiger partial charge in [-0.15, -0.1) is 0 Å². The smallest absolute Gasteiger partial charge is 0.0874 e. The van der Waals surface area contributed by atoms with Crippen molar-refractivity contribution in [2.24, 2.45) is 0 Å². The standard InChI is InChI=1S/C16H21N3O/c1-12-9-16(14-5-3-4-6-15(14)18-12)19(2)11-13-10-17-7-8-20-13/h3-6,9,13,17H,7-8,10-11H2,1-2H3. The third-order valence-corrected chi connectivity index (χ3v) is 3.72. The largest absolute Gasteiger partial charge is 0.374 e. The molecule has 1 saturated heterocycles. The number of hydrogen-bond acceptors (Lipinski definition) is 4. The van der Waals surface area contributed by atoms with E-state index in [4.69, 9.17) is 4.74 Å². The summed E-state index contributed by atoms with van der Waals surface area (Å²) in [5, 5.41) is 4.57. The highest BCUT2D eigenvalue weighted by molar-refractivity contribution is 5.91. The number of benzene rings is 1. The van der Waals surface area contributed by atoms with Gasteiger partial charge in [0.15, 0.2) is 0 Å². The highest BCUT2D eigenvalue weighted by atomic mass is 16.5. The third kappa shape index (κ3) is 2.76. The van der Waals surface area contributed by atoms with Crippen LogP contribution in [-0.4, -0.2) is 44.4 Å². The van der Waals surface area contributed by atoms with Gasteiger partial charge in [0.05, 0.1) is 18.2 Å². The van der Waals surface area contributed by atoms with Crippen LogP contribution in [0.2, 0.25) is 0 Å². The van der Waals surface area contributed by atoms with E-state index in [0.29, 0.717) is 0 Å². The zero-order valence-electron chi connectivity index (χ0n) is 12.1. The molecule has 0 amide bonds. The highest BCUT2D eigenvalue weighted by Crippen LogP contribution is 2.26. The Morgan fingerprint density at radius 3 is 3.05 bits per heavy atom. The molecule has 1 N–H and O–H groups in total. The summed E-state index contributed by atoms with van der Waals surface area (Å²) in [5.74, 6) is 0. The van der Waals surface area contributed by atoms with Crippen molar-refractivity contribution in [3.05, 3.63) is 36.0 Å². The molecular weight excluding hydrogens is 250 g/mol. The minimum atomic E-state index is 0.251. The normalized spacial score (nSPS) is 19.2. The number of ether oxygens (including phenoxy) is 1. The van der Waals surface area contributed by atoms with Gasteiger partial charge in [-0.3, -0.25) is 4.98 Å². The maximum absolute atomic E-state index is 5.79. The Kier molecular flexibility index (Phi) is 3.85. The number of anilines is 1. The molecule has 2 heterocycles. The van der Waals surface area contributed by atoms with E-state index in [1.54, 1.807) is 0 Å². The first-order valence-electron chi connectivity index (χ1n) is 7.14. The van der Waals surface area contributed by atoms with E-state index in [9.17, 15) is 0 Å². The lowest BCUT2D eigenvalue weighted by Gasteiger charge is -2.29. The van der Waals surface area contributed by atoms with Gasteiger partial charge in [-0.2, -0.15) is 0 Å². The van der Waals surface area contributed by atoms with Crippen LogP contribution in [0.4, 0.5) is 5.69 Å². The first-order valence-corrected chi connectivity index (χ1v) is 7.14. The lowest BCUT2D eigenvalue weighted by molar-refractivity contribution is 0.0340. The van der Waals surface area contributed by atoms with Gasteiger partial charge < -0.3 is 15.0 Å². The molecule has 20 heavy (non-hydrogen) atoms. The van der Waals surface area contributed by atoms with Gasteiger partial charge in [0.25, 0.3) is 0 Å². The molecule has 1 atom stereocenters. The Balaban J connectivity index is 1.88. The van der Waals surface area contributed by atoms with Crippen molar-refractivity contribution >= 4 is 16.6 Å². The number of rotatable bonds is 3. The monoisotopic (exact) mass is 271 g/mol. The van der Waals surface area contributed by atoms with Crippen molar-refractivity contribution in [2.45, 2.75) is 13.0 Å². The predicted octanol–water partition coefficient (Wildman–Crippen LogP) is 1.97. The first kappa shape index (κ1) is 13.3. The summed E-state index contributed by atoms with van der Waals surface area (Å²) >= 11 is 0. The number of likely N-dealkylation sites (N-methyl/N-ethyl adjacent to an activating group) is 1. The van der Waals surface area contributed by atoms with Gasteiger partial charge in [-0.05, 0) is 19.1 Å². The average Bonchev–Trinajstić information content (AvgIpc) is 2.47. The summed E-state index contributed by atoms with van der Waals surface area (Å²) < 4.78 is 5.79. The molecule has 1 unspecified atom stereocenters. The van der Waals surface area contributed by atoms with Crippen LogP contribution >= 0.6 is 0 Å². The van der Waals surface area contributed by atoms with E-state index in [2.05, 4.69) is 46.5 Å². The van der Waals surface area contributed by atoms with Crippen LogP contribution in [0.25, 0.3) is 10.9 Å². The van der Waals surface area contributed by atoms with Crippen molar-refractivity contribution < 1.29 is 4.74 Å². The van der Waals surface area contributed by atoms with Crippen molar-refractivity contribution in [2.75, 3.05) is 38.2 Å². The fourth-order valence-corrected chi connectivity index (χ4v) is 2.74. The number of fused-ring (bicyclic) bond motifs is 1. The minimum absolute atomic E-state index is 0.251. The number of hydrogen-bond donors (Lipinski definition) is 1. The van der Waals surface area contributed by atoms with Gasteiger partial charge in [0, 0.05) is 43.4 Å². The second-order valence-electron chi connectivity index (χ2n) is 5.38. The van der Waals surface area contributed by atoms with Crippen LogP contribution in [0.5, 0.6) is 0 Å². The molecular formula is C16H21N3O. The molecule has 4 heteroatoms. The lowest BCUT2D eigenvalue weighted by atomic mass is 10.1. The molecule has 1 fully saturated rings. The van der Waals surface area contributed by atoms with E-state index in [1.165, 1.54) is 11.1 Å². The van der Waals surface area contributed by atoms with E-state index in [0.717, 1.165) is 37.5 Å². The maximum Gasteiger partial charge on any atom is 0.0874 e. The molecule has 2 aromatic rings. The fourth-order valence-electron chi connectivity index (χ4n) is 2.74. The Hall–Kier alpha value is -1.65. The first-order chi connectivity index (χ1) is 9.74. The topological polar surface area (TPSA) is 37.4 Å². The Labute approximate surface area is 119 Å². The van der Waals surface area contributed by atoms with Crippen molar-refractivity contribution in [3.8, 4) is 0 Å². The molecule has 1 aromatic heterocycles. The van der Waals surface area contributed by atoms with Crippen molar-refractivity contribution in [3.63, 3.8) is 0 Å². The Morgan fingerprint density at radius 1 is 1.40 bits per heavy atom. The predicted molar refractivity (Wildman–Crippen MR) is 82.4 cm³/mol. The number of pyridine rings is 1. The summed E-state index contributed by atoms with van der Waals surface area (Å²) in [7, 11) is 2.12. The molecule has 4 nitrogen and oxygen atoms in total. The molecule has 0 radical (unpaired) electrons. The van der Waals surface area contributed by atoms with E-state index in [1.807, 2.05) is 13.0 Å². The number of morpholine rings is 1. The van der Waals surface area contributed by atoms with E-state index < -0.39 is 0 Å². The minimum Gasteiger partial charge on any atom is -0.374 e. The molecule has 106 valence electrons. The second kappa shape index (κ2) is 5.77. The van der Waals surface area contributed by atoms with E-state index >= 15 is 0 Å². The molecule has 3 rings (SSSR count). The van der Waals surface area contributed by atoms with Gasteiger partial charge in [0.1, 0.15) is 0 Å². The molecule has 1 aromatic carbocycles. The quantitative estimate of drug-likeness (QED) is 0.926. The molecule has 0 aliphatic carbocycles. The molecule has 1 aliphatic rings. The van der Waals surface area contributed by atoms with E-state index in [-0.39, 0.29) is 6.10 Å². The van der Waals surface area contributed by atoms with Gasteiger partial charge in [-0.1, -0.05) is 18.2 Å². The lowest BCUT2D eigenvalue weighted by Crippen LogP contribution is -2.44. The summed E-state index contributed by atoms with van der Waals surface area (Å²) in [6, 6.07) is 10.5. The second-order valence-corrected chi connectivity index (χ2v) is 5.38. The molecule has 0 bridgehead atoms. The SMILES string of the molecule is Cc1cc(N(C)CC2CNCCO2)c2ccccc2n1. The number of aryl methyl sites for hydroxylation is 1.